The molecule has 100 valence electrons. The maximum absolute atomic E-state index is 12.7. The zero-order valence-electron chi connectivity index (χ0n) is 9.96. The zero-order valence-corrected chi connectivity index (χ0v) is 11.9. The second-order valence-electron chi connectivity index (χ2n) is 4.44. The summed E-state index contributed by atoms with van der Waals surface area (Å²) < 4.78 is 27.8. The molecule has 0 saturated heterocycles. The van der Waals surface area contributed by atoms with Crippen LogP contribution in [0, 0.1) is 0 Å². The topological polar surface area (TPSA) is 83.8 Å². The third-order valence-electron chi connectivity index (χ3n) is 2.22. The van der Waals surface area contributed by atoms with Gasteiger partial charge in [0.25, 0.3) is 0 Å². The van der Waals surface area contributed by atoms with Gasteiger partial charge < -0.3 is 9.32 Å². The van der Waals surface area contributed by atoms with Gasteiger partial charge in [0.2, 0.25) is 8.32 Å². The van der Waals surface area contributed by atoms with Crippen LogP contribution >= 0.6 is 7.91 Å². The molecule has 0 saturated carbocycles. The third-order valence-corrected chi connectivity index (χ3v) is 6.33. The fourth-order valence-corrected chi connectivity index (χ4v) is 5.60. The van der Waals surface area contributed by atoms with Crippen LogP contribution in [0.15, 0.2) is 24.3 Å². The Kier molecular flexibility index (Phi) is 4.44. The Morgan fingerprint density at radius 3 is 2.50 bits per heavy atom. The second-order valence-corrected chi connectivity index (χ2v) is 9.95. The van der Waals surface area contributed by atoms with Crippen LogP contribution in [-0.4, -0.2) is 24.3 Å². The van der Waals surface area contributed by atoms with Crippen molar-refractivity contribution >= 4 is 22.2 Å². The number of carbonyl (C=O) groups is 1. The molecule has 1 atom stereocenters. The van der Waals surface area contributed by atoms with E-state index in [1.54, 1.807) is 31.3 Å². The summed E-state index contributed by atoms with van der Waals surface area (Å²) in [4.78, 5) is 19.6. The number of halogens is 1. The number of aromatic carboxylic acids is 1. The van der Waals surface area contributed by atoms with E-state index in [1.807, 2.05) is 0 Å². The van der Waals surface area contributed by atoms with Crippen molar-refractivity contribution in [2.75, 3.05) is 0 Å². The highest BCUT2D eigenvalue weighted by Gasteiger charge is 2.34. The van der Waals surface area contributed by atoms with Crippen LogP contribution in [0.2, 0.25) is 13.1 Å². The van der Waals surface area contributed by atoms with Crippen molar-refractivity contribution in [3.8, 4) is 0 Å². The van der Waals surface area contributed by atoms with E-state index in [2.05, 4.69) is 4.21 Å². The van der Waals surface area contributed by atoms with Gasteiger partial charge in [-0.05, 0) is 30.8 Å². The van der Waals surface area contributed by atoms with Gasteiger partial charge in [-0.15, -0.1) is 4.20 Å². The maximum atomic E-state index is 12.7. The molecule has 5 nitrogen and oxygen atoms in total. The lowest BCUT2D eigenvalue weighted by atomic mass is 10.1. The van der Waals surface area contributed by atoms with E-state index in [4.69, 9.17) is 10.00 Å². The molecule has 0 fully saturated rings. The Bertz CT molecular complexity index is 499. The molecule has 0 bridgehead atoms. The average molecular weight is 292 g/mol. The molecule has 0 aliphatic rings. The number of hydrogen-bond donors (Lipinski definition) is 2. The SMILES string of the molecule is C[Si](C)(Cc1ccccc1C(=O)O)OP(=O)(O)F. The van der Waals surface area contributed by atoms with Crippen molar-refractivity contribution in [3.05, 3.63) is 35.4 Å². The molecule has 1 aromatic rings. The highest BCUT2D eigenvalue weighted by Crippen LogP contribution is 2.46. The van der Waals surface area contributed by atoms with Crippen molar-refractivity contribution in [2.45, 2.75) is 19.1 Å². The Labute approximate surface area is 105 Å². The van der Waals surface area contributed by atoms with Crippen molar-refractivity contribution < 1.29 is 27.8 Å². The first-order valence-electron chi connectivity index (χ1n) is 5.15. The molecular formula is C10H14FO5PSi. The average Bonchev–Trinajstić information content (AvgIpc) is 2.13. The summed E-state index contributed by atoms with van der Waals surface area (Å²) in [6.45, 7) is 3.10. The van der Waals surface area contributed by atoms with Gasteiger partial charge in [0.05, 0.1) is 5.56 Å². The number of rotatable bonds is 5. The second kappa shape index (κ2) is 5.32. The van der Waals surface area contributed by atoms with E-state index in [-0.39, 0.29) is 11.6 Å². The van der Waals surface area contributed by atoms with Crippen molar-refractivity contribution in [1.29, 1.82) is 0 Å². The molecule has 1 rings (SSSR count). The van der Waals surface area contributed by atoms with Gasteiger partial charge in [0, 0.05) is 0 Å². The predicted octanol–water partition coefficient (Wildman–Crippen LogP) is 2.76. The molecular weight excluding hydrogens is 278 g/mol. The van der Waals surface area contributed by atoms with E-state index in [0.29, 0.717) is 5.56 Å². The monoisotopic (exact) mass is 292 g/mol. The Hall–Kier alpha value is -1.01. The van der Waals surface area contributed by atoms with Crippen molar-refractivity contribution in [2.24, 2.45) is 0 Å². The van der Waals surface area contributed by atoms with Gasteiger partial charge in [-0.2, -0.15) is 0 Å². The lowest BCUT2D eigenvalue weighted by Crippen LogP contribution is -2.32. The first kappa shape index (κ1) is 15.0. The fourth-order valence-electron chi connectivity index (χ4n) is 1.68. The molecule has 2 N–H and O–H groups in total. The van der Waals surface area contributed by atoms with Crippen LogP contribution < -0.4 is 0 Å². The van der Waals surface area contributed by atoms with E-state index < -0.39 is 22.2 Å². The smallest absolute Gasteiger partial charge is 0.478 e. The summed E-state index contributed by atoms with van der Waals surface area (Å²) >= 11 is 0. The fraction of sp³-hybridized carbons (Fsp3) is 0.300. The molecule has 0 aromatic heterocycles. The molecule has 0 aliphatic heterocycles. The number of hydrogen-bond acceptors (Lipinski definition) is 3. The number of benzene rings is 1. The highest BCUT2D eigenvalue weighted by molar-refractivity contribution is 7.48. The van der Waals surface area contributed by atoms with Crippen LogP contribution in [0.3, 0.4) is 0 Å². The molecule has 18 heavy (non-hydrogen) atoms. The van der Waals surface area contributed by atoms with Crippen LogP contribution in [0.4, 0.5) is 4.20 Å². The number of carboxylic acid groups (broad SMARTS) is 1. The number of carboxylic acids is 1. The lowest BCUT2D eigenvalue weighted by molar-refractivity contribution is 0.0696. The summed E-state index contributed by atoms with van der Waals surface area (Å²) in [5.41, 5.74) is 0.559. The van der Waals surface area contributed by atoms with Crippen molar-refractivity contribution in [1.82, 2.24) is 0 Å². The predicted molar refractivity (Wildman–Crippen MR) is 66.6 cm³/mol. The minimum atomic E-state index is -5.05. The molecule has 0 heterocycles. The third kappa shape index (κ3) is 4.70. The van der Waals surface area contributed by atoms with Crippen LogP contribution in [0.1, 0.15) is 15.9 Å². The Balaban J connectivity index is 2.97. The largest absolute Gasteiger partial charge is 0.500 e. The molecule has 0 amide bonds. The van der Waals surface area contributed by atoms with E-state index in [0.717, 1.165) is 0 Å². The molecule has 0 spiro atoms. The molecule has 0 aliphatic carbocycles. The minimum absolute atomic E-state index is 0.0910. The Morgan fingerprint density at radius 2 is 2.00 bits per heavy atom. The zero-order chi connectivity index (χ0) is 14.0. The summed E-state index contributed by atoms with van der Waals surface area (Å²) in [6.07, 6.45) is 0. The Morgan fingerprint density at radius 1 is 1.44 bits per heavy atom. The maximum Gasteiger partial charge on any atom is 0.500 e. The molecule has 1 unspecified atom stereocenters. The highest BCUT2D eigenvalue weighted by atomic mass is 31.2. The quantitative estimate of drug-likeness (QED) is 0.644. The standard InChI is InChI=1S/C10H14FO5PSi/c1-18(2,16-17(11,14)15)7-8-5-3-4-6-9(8)10(12)13/h3-6H,7H2,1-2H3,(H,12,13)(H,14,15). The molecule has 0 radical (unpaired) electrons. The van der Waals surface area contributed by atoms with Gasteiger partial charge in [0.1, 0.15) is 0 Å². The summed E-state index contributed by atoms with van der Waals surface area (Å²) in [7, 11) is -7.86. The summed E-state index contributed by atoms with van der Waals surface area (Å²) in [6, 6.07) is 6.39. The van der Waals surface area contributed by atoms with Gasteiger partial charge in [0.15, 0.2) is 0 Å². The summed E-state index contributed by atoms with van der Waals surface area (Å²) in [5.74, 6) is -1.09. The van der Waals surface area contributed by atoms with E-state index in [1.165, 1.54) is 6.07 Å². The minimum Gasteiger partial charge on any atom is -0.478 e. The van der Waals surface area contributed by atoms with Crippen molar-refractivity contribution in [3.63, 3.8) is 0 Å². The van der Waals surface area contributed by atoms with E-state index >= 15 is 0 Å². The van der Waals surface area contributed by atoms with Gasteiger partial charge in [-0.25, -0.2) is 9.36 Å². The molecule has 8 heteroatoms. The van der Waals surface area contributed by atoms with Gasteiger partial charge >= 0.3 is 13.9 Å². The van der Waals surface area contributed by atoms with Gasteiger partial charge in [-0.1, -0.05) is 18.2 Å². The first-order valence-corrected chi connectivity index (χ1v) is 9.73. The van der Waals surface area contributed by atoms with Crippen LogP contribution in [0.5, 0.6) is 0 Å². The van der Waals surface area contributed by atoms with Crippen LogP contribution in [-0.2, 0) is 14.8 Å². The summed E-state index contributed by atoms with van der Waals surface area (Å²) in [5, 5.41) is 8.99. The first-order chi connectivity index (χ1) is 8.11. The normalized spacial score (nSPS) is 15.1. The lowest BCUT2D eigenvalue weighted by Gasteiger charge is -2.22. The van der Waals surface area contributed by atoms with E-state index in [9.17, 15) is 13.6 Å². The molecule has 1 aromatic carbocycles. The van der Waals surface area contributed by atoms with Crippen LogP contribution in [0.25, 0.3) is 0 Å². The van der Waals surface area contributed by atoms with Gasteiger partial charge in [-0.3, -0.25) is 4.89 Å².